The number of benzene rings is 1. The van der Waals surface area contributed by atoms with Crippen LogP contribution in [0.4, 0.5) is 0 Å². The van der Waals surface area contributed by atoms with Crippen molar-refractivity contribution in [3.63, 3.8) is 0 Å². The van der Waals surface area contributed by atoms with Gasteiger partial charge in [-0.2, -0.15) is 0 Å². The largest absolute Gasteiger partial charge is 0.497 e. The van der Waals surface area contributed by atoms with Crippen molar-refractivity contribution in [2.24, 2.45) is 0 Å². The molecule has 2 heterocycles. The summed E-state index contributed by atoms with van der Waals surface area (Å²) in [5, 5.41) is 0. The van der Waals surface area contributed by atoms with Gasteiger partial charge < -0.3 is 14.2 Å². The molecule has 17 heavy (non-hydrogen) atoms. The van der Waals surface area contributed by atoms with E-state index in [0.717, 1.165) is 28.6 Å². The van der Waals surface area contributed by atoms with Crippen LogP contribution in [0.1, 0.15) is 5.56 Å². The van der Waals surface area contributed by atoms with Gasteiger partial charge in [0, 0.05) is 23.9 Å². The second-order valence-electron chi connectivity index (χ2n) is 3.84. The highest BCUT2D eigenvalue weighted by molar-refractivity contribution is 5.59. The summed E-state index contributed by atoms with van der Waals surface area (Å²) in [4.78, 5) is 0. The van der Waals surface area contributed by atoms with Crippen molar-refractivity contribution in [2.75, 3.05) is 14.2 Å². The van der Waals surface area contributed by atoms with Crippen LogP contribution in [0.5, 0.6) is 17.4 Å². The van der Waals surface area contributed by atoms with Crippen LogP contribution in [0.3, 0.4) is 0 Å². The van der Waals surface area contributed by atoms with E-state index in [9.17, 15) is 0 Å². The first-order valence-corrected chi connectivity index (χ1v) is 5.39. The van der Waals surface area contributed by atoms with E-state index >= 15 is 0 Å². The van der Waals surface area contributed by atoms with Gasteiger partial charge in [0.05, 0.1) is 19.9 Å². The highest BCUT2D eigenvalue weighted by Gasteiger charge is 2.21. The van der Waals surface area contributed by atoms with Gasteiger partial charge in [0.1, 0.15) is 18.1 Å². The van der Waals surface area contributed by atoms with E-state index in [0.29, 0.717) is 6.61 Å². The Labute approximate surface area is 99.3 Å². The van der Waals surface area contributed by atoms with Gasteiger partial charge in [-0.3, -0.25) is 4.57 Å². The Kier molecular flexibility index (Phi) is 2.21. The van der Waals surface area contributed by atoms with Gasteiger partial charge in [-0.1, -0.05) is 0 Å². The summed E-state index contributed by atoms with van der Waals surface area (Å²) in [6.45, 7) is 0.535. The standard InChI is InChI=1S/C13H13NO3/c1-15-10-6-9-8-17-12-4-3-5-14(12)13(9)11(7-10)16-2/h3-7H,8H2,1-2H3. The number of ether oxygens (including phenoxy) is 3. The molecular weight excluding hydrogens is 218 g/mol. The van der Waals surface area contributed by atoms with Gasteiger partial charge in [0.25, 0.3) is 0 Å². The minimum Gasteiger partial charge on any atom is -0.497 e. The van der Waals surface area contributed by atoms with Gasteiger partial charge in [0.15, 0.2) is 5.88 Å². The highest BCUT2D eigenvalue weighted by Crippen LogP contribution is 2.38. The first kappa shape index (κ1) is 10.1. The molecule has 88 valence electrons. The molecule has 2 aromatic rings. The van der Waals surface area contributed by atoms with Crippen LogP contribution in [0.2, 0.25) is 0 Å². The Morgan fingerprint density at radius 3 is 2.88 bits per heavy atom. The van der Waals surface area contributed by atoms with E-state index in [4.69, 9.17) is 14.2 Å². The second-order valence-corrected chi connectivity index (χ2v) is 3.84. The van der Waals surface area contributed by atoms with Crippen molar-refractivity contribution in [2.45, 2.75) is 6.61 Å². The van der Waals surface area contributed by atoms with Crippen LogP contribution >= 0.6 is 0 Å². The molecule has 1 aromatic heterocycles. The lowest BCUT2D eigenvalue weighted by molar-refractivity contribution is 0.272. The summed E-state index contributed by atoms with van der Waals surface area (Å²) in [5.41, 5.74) is 2.09. The zero-order valence-electron chi connectivity index (χ0n) is 9.77. The highest BCUT2D eigenvalue weighted by atomic mass is 16.5. The molecular formula is C13H13NO3. The minimum atomic E-state index is 0.535. The van der Waals surface area contributed by atoms with Crippen molar-refractivity contribution in [3.8, 4) is 23.1 Å². The maximum atomic E-state index is 5.64. The first-order chi connectivity index (χ1) is 8.33. The first-order valence-electron chi connectivity index (χ1n) is 5.39. The van der Waals surface area contributed by atoms with Crippen molar-refractivity contribution in [1.82, 2.24) is 4.57 Å². The summed E-state index contributed by atoms with van der Waals surface area (Å²) in [7, 11) is 3.31. The second kappa shape index (κ2) is 3.73. The van der Waals surface area contributed by atoms with Gasteiger partial charge in [-0.15, -0.1) is 0 Å². The molecule has 1 aliphatic rings. The monoisotopic (exact) mass is 231 g/mol. The third-order valence-corrected chi connectivity index (χ3v) is 2.91. The number of rotatable bonds is 2. The number of fused-ring (bicyclic) bond motifs is 3. The molecule has 0 saturated carbocycles. The fraction of sp³-hybridized carbons (Fsp3) is 0.231. The van der Waals surface area contributed by atoms with E-state index in [1.807, 2.05) is 35.0 Å². The van der Waals surface area contributed by atoms with Crippen LogP contribution in [-0.2, 0) is 6.61 Å². The number of hydrogen-bond acceptors (Lipinski definition) is 3. The lowest BCUT2D eigenvalue weighted by Crippen LogP contribution is -2.12. The SMILES string of the molecule is COc1cc2c(c(OC)c1)-n1cccc1OC2. The number of methoxy groups -OCH3 is 2. The van der Waals surface area contributed by atoms with Crippen molar-refractivity contribution in [1.29, 1.82) is 0 Å². The average molecular weight is 231 g/mol. The molecule has 1 aromatic carbocycles. The Balaban J connectivity index is 2.25. The minimum absolute atomic E-state index is 0.535. The van der Waals surface area contributed by atoms with E-state index in [1.165, 1.54) is 0 Å². The molecule has 0 radical (unpaired) electrons. The average Bonchev–Trinajstić information content (AvgIpc) is 2.85. The van der Waals surface area contributed by atoms with E-state index in [2.05, 4.69) is 0 Å². The predicted molar refractivity (Wildman–Crippen MR) is 63.2 cm³/mol. The molecule has 0 amide bonds. The predicted octanol–water partition coefficient (Wildman–Crippen LogP) is 2.39. The quantitative estimate of drug-likeness (QED) is 0.795. The van der Waals surface area contributed by atoms with Crippen LogP contribution in [0, 0.1) is 0 Å². The van der Waals surface area contributed by atoms with Crippen LogP contribution in [-0.4, -0.2) is 18.8 Å². The molecule has 1 aliphatic heterocycles. The normalized spacial score (nSPS) is 12.4. The summed E-state index contributed by atoms with van der Waals surface area (Å²) in [5.74, 6) is 2.40. The van der Waals surface area contributed by atoms with E-state index in [1.54, 1.807) is 14.2 Å². The van der Waals surface area contributed by atoms with Crippen LogP contribution in [0.15, 0.2) is 30.5 Å². The van der Waals surface area contributed by atoms with Gasteiger partial charge in [0.2, 0.25) is 0 Å². The van der Waals surface area contributed by atoms with Crippen molar-refractivity contribution < 1.29 is 14.2 Å². The maximum absolute atomic E-state index is 5.64. The zero-order valence-corrected chi connectivity index (χ0v) is 9.77. The van der Waals surface area contributed by atoms with Gasteiger partial charge >= 0.3 is 0 Å². The molecule has 0 aliphatic carbocycles. The van der Waals surface area contributed by atoms with Crippen LogP contribution < -0.4 is 14.2 Å². The topological polar surface area (TPSA) is 32.6 Å². The molecule has 4 nitrogen and oxygen atoms in total. The summed E-state index contributed by atoms with van der Waals surface area (Å²) in [6.07, 6.45) is 1.96. The van der Waals surface area contributed by atoms with Crippen molar-refractivity contribution >= 4 is 0 Å². The fourth-order valence-electron chi connectivity index (χ4n) is 2.11. The smallest absolute Gasteiger partial charge is 0.198 e. The third kappa shape index (κ3) is 1.45. The molecule has 0 atom stereocenters. The third-order valence-electron chi connectivity index (χ3n) is 2.91. The zero-order chi connectivity index (χ0) is 11.8. The molecule has 4 heteroatoms. The summed E-state index contributed by atoms with van der Waals surface area (Å²) in [6, 6.07) is 7.75. The van der Waals surface area contributed by atoms with Crippen LogP contribution in [0.25, 0.3) is 5.69 Å². The molecule has 0 unspecified atom stereocenters. The molecule has 0 fully saturated rings. The number of hydrogen-bond donors (Lipinski definition) is 0. The number of nitrogens with zero attached hydrogens (tertiary/aromatic N) is 1. The Morgan fingerprint density at radius 2 is 2.12 bits per heavy atom. The fourth-order valence-corrected chi connectivity index (χ4v) is 2.11. The Bertz CT molecular complexity index is 543. The van der Waals surface area contributed by atoms with Gasteiger partial charge in [-0.05, 0) is 12.1 Å². The number of aromatic nitrogens is 1. The Hall–Kier alpha value is -2.10. The molecule has 0 N–H and O–H groups in total. The lowest BCUT2D eigenvalue weighted by atomic mass is 10.1. The maximum Gasteiger partial charge on any atom is 0.198 e. The van der Waals surface area contributed by atoms with E-state index in [-0.39, 0.29) is 0 Å². The molecule has 3 rings (SSSR count). The lowest BCUT2D eigenvalue weighted by Gasteiger charge is -2.23. The molecule has 0 saturated heterocycles. The summed E-state index contributed by atoms with van der Waals surface area (Å²) >= 11 is 0. The molecule has 0 bridgehead atoms. The van der Waals surface area contributed by atoms with Gasteiger partial charge in [-0.25, -0.2) is 0 Å². The van der Waals surface area contributed by atoms with E-state index < -0.39 is 0 Å². The molecule has 0 spiro atoms. The van der Waals surface area contributed by atoms with Crippen molar-refractivity contribution in [3.05, 3.63) is 36.0 Å². The summed E-state index contributed by atoms with van der Waals surface area (Å²) < 4.78 is 18.3. The Morgan fingerprint density at radius 1 is 1.24 bits per heavy atom.